The lowest BCUT2D eigenvalue weighted by molar-refractivity contribution is 0.149. The minimum absolute atomic E-state index is 0.603. The third kappa shape index (κ3) is 3.94. The summed E-state index contributed by atoms with van der Waals surface area (Å²) in [6.45, 7) is 7.44. The molecule has 2 aliphatic rings. The summed E-state index contributed by atoms with van der Waals surface area (Å²) in [6, 6.07) is 4.06. The summed E-state index contributed by atoms with van der Waals surface area (Å²) in [6.07, 6.45) is 7.30. The van der Waals surface area contributed by atoms with E-state index in [2.05, 4.69) is 20.9 Å². The molecule has 1 aromatic rings. The molecule has 3 heterocycles. The smallest absolute Gasteiger partial charge is 0.129 e. The zero-order valence-electron chi connectivity index (χ0n) is 12.1. The van der Waals surface area contributed by atoms with E-state index >= 15 is 0 Å². The Morgan fingerprint density at radius 1 is 1.10 bits per heavy atom. The van der Waals surface area contributed by atoms with E-state index in [9.17, 15) is 0 Å². The van der Waals surface area contributed by atoms with Crippen molar-refractivity contribution in [3.05, 3.63) is 29.0 Å². The van der Waals surface area contributed by atoms with Crippen molar-refractivity contribution >= 4 is 11.6 Å². The maximum atomic E-state index is 5.95. The second-order valence-corrected chi connectivity index (χ2v) is 6.60. The van der Waals surface area contributed by atoms with Crippen LogP contribution in [0, 0.1) is 5.92 Å². The Bertz CT molecular complexity index is 423. The summed E-state index contributed by atoms with van der Waals surface area (Å²) >= 11 is 5.95. The molecule has 3 rings (SSSR count). The number of piperidine rings is 1. The van der Waals surface area contributed by atoms with Crippen molar-refractivity contribution in [2.75, 3.05) is 32.7 Å². The van der Waals surface area contributed by atoms with Crippen molar-refractivity contribution in [2.24, 2.45) is 5.92 Å². The molecule has 1 aromatic heterocycles. The van der Waals surface area contributed by atoms with Crippen molar-refractivity contribution < 1.29 is 0 Å². The molecule has 0 bridgehead atoms. The summed E-state index contributed by atoms with van der Waals surface area (Å²) in [4.78, 5) is 9.25. The fraction of sp³-hybridized carbons (Fsp3) is 0.688. The summed E-state index contributed by atoms with van der Waals surface area (Å²) in [7, 11) is 0. The number of aromatic nitrogens is 1. The maximum Gasteiger partial charge on any atom is 0.129 e. The van der Waals surface area contributed by atoms with Crippen molar-refractivity contribution in [3.63, 3.8) is 0 Å². The Morgan fingerprint density at radius 3 is 2.55 bits per heavy atom. The Balaban J connectivity index is 1.43. The number of nitrogens with zero attached hydrogens (tertiary/aromatic N) is 3. The minimum atomic E-state index is 0.603. The molecule has 2 aliphatic heterocycles. The summed E-state index contributed by atoms with van der Waals surface area (Å²) in [5.74, 6) is 0.908. The van der Waals surface area contributed by atoms with Gasteiger partial charge in [0.15, 0.2) is 0 Å². The van der Waals surface area contributed by atoms with E-state index in [0.717, 1.165) is 12.5 Å². The lowest BCUT2D eigenvalue weighted by Crippen LogP contribution is -2.37. The van der Waals surface area contributed by atoms with Crippen LogP contribution in [0.1, 0.15) is 31.2 Å². The molecule has 0 aliphatic carbocycles. The van der Waals surface area contributed by atoms with Gasteiger partial charge in [0.1, 0.15) is 5.15 Å². The predicted molar refractivity (Wildman–Crippen MR) is 82.9 cm³/mol. The molecule has 3 nitrogen and oxygen atoms in total. The van der Waals surface area contributed by atoms with Crippen LogP contribution in [0.3, 0.4) is 0 Å². The highest BCUT2D eigenvalue weighted by Crippen LogP contribution is 2.22. The standard InChI is InChI=1S/C16H24ClN3/c17-16-11-15(3-6-18-16)13-20-9-4-14(5-10-20)12-19-7-1-2-8-19/h3,6,11,14H,1-2,4-5,7-10,12-13H2. The van der Waals surface area contributed by atoms with Gasteiger partial charge in [-0.3, -0.25) is 4.90 Å². The van der Waals surface area contributed by atoms with Crippen LogP contribution in [0.25, 0.3) is 0 Å². The van der Waals surface area contributed by atoms with Gasteiger partial charge in [0.2, 0.25) is 0 Å². The van der Waals surface area contributed by atoms with E-state index in [-0.39, 0.29) is 0 Å². The minimum Gasteiger partial charge on any atom is -0.303 e. The van der Waals surface area contributed by atoms with E-state index in [1.807, 2.05) is 6.07 Å². The fourth-order valence-electron chi connectivity index (χ4n) is 3.46. The highest BCUT2D eigenvalue weighted by molar-refractivity contribution is 6.29. The summed E-state index contributed by atoms with van der Waals surface area (Å²) in [5, 5.41) is 0.603. The quantitative estimate of drug-likeness (QED) is 0.796. The molecule has 0 amide bonds. The van der Waals surface area contributed by atoms with E-state index in [4.69, 9.17) is 11.6 Å². The van der Waals surface area contributed by atoms with Crippen LogP contribution in [0.2, 0.25) is 5.15 Å². The van der Waals surface area contributed by atoms with Gasteiger partial charge >= 0.3 is 0 Å². The second kappa shape index (κ2) is 6.88. The lowest BCUT2D eigenvalue weighted by Gasteiger charge is -2.33. The van der Waals surface area contributed by atoms with Crippen molar-refractivity contribution in [1.29, 1.82) is 0 Å². The van der Waals surface area contributed by atoms with Gasteiger partial charge in [-0.05, 0) is 75.5 Å². The van der Waals surface area contributed by atoms with Gasteiger partial charge < -0.3 is 4.90 Å². The topological polar surface area (TPSA) is 19.4 Å². The van der Waals surface area contributed by atoms with E-state index < -0.39 is 0 Å². The molecule has 0 aromatic carbocycles. The SMILES string of the molecule is Clc1cc(CN2CCC(CN3CCCC3)CC2)ccn1. The number of hydrogen-bond donors (Lipinski definition) is 0. The van der Waals surface area contributed by atoms with Gasteiger partial charge in [-0.15, -0.1) is 0 Å². The highest BCUT2D eigenvalue weighted by atomic mass is 35.5. The van der Waals surface area contributed by atoms with E-state index in [0.29, 0.717) is 5.15 Å². The van der Waals surface area contributed by atoms with E-state index in [1.165, 1.54) is 64.0 Å². The molecule has 0 spiro atoms. The van der Waals surface area contributed by atoms with Crippen LogP contribution in [0.5, 0.6) is 0 Å². The Morgan fingerprint density at radius 2 is 1.85 bits per heavy atom. The average Bonchev–Trinajstić information content (AvgIpc) is 2.94. The van der Waals surface area contributed by atoms with Crippen LogP contribution in [-0.4, -0.2) is 47.5 Å². The van der Waals surface area contributed by atoms with Crippen LogP contribution < -0.4 is 0 Å². The number of likely N-dealkylation sites (tertiary alicyclic amines) is 2. The zero-order valence-corrected chi connectivity index (χ0v) is 12.9. The Hall–Kier alpha value is -0.640. The van der Waals surface area contributed by atoms with Gasteiger partial charge in [-0.1, -0.05) is 11.6 Å². The summed E-state index contributed by atoms with van der Waals surface area (Å²) in [5.41, 5.74) is 1.28. The van der Waals surface area contributed by atoms with Crippen molar-refractivity contribution in [1.82, 2.24) is 14.8 Å². The third-order valence-corrected chi connectivity index (χ3v) is 4.83. The first-order valence-corrected chi connectivity index (χ1v) is 8.22. The monoisotopic (exact) mass is 293 g/mol. The van der Waals surface area contributed by atoms with Crippen molar-refractivity contribution in [2.45, 2.75) is 32.2 Å². The Kier molecular flexibility index (Phi) is 4.92. The van der Waals surface area contributed by atoms with Gasteiger partial charge in [-0.2, -0.15) is 0 Å². The lowest BCUT2D eigenvalue weighted by atomic mass is 9.96. The average molecular weight is 294 g/mol. The number of halogens is 1. The number of rotatable bonds is 4. The van der Waals surface area contributed by atoms with Gasteiger partial charge in [-0.25, -0.2) is 4.98 Å². The van der Waals surface area contributed by atoms with Gasteiger partial charge in [0.05, 0.1) is 0 Å². The molecule has 110 valence electrons. The van der Waals surface area contributed by atoms with Gasteiger partial charge in [0.25, 0.3) is 0 Å². The largest absolute Gasteiger partial charge is 0.303 e. The molecule has 2 fully saturated rings. The molecule has 0 unspecified atom stereocenters. The van der Waals surface area contributed by atoms with Crippen LogP contribution in [0.15, 0.2) is 18.3 Å². The normalized spacial score (nSPS) is 22.4. The van der Waals surface area contributed by atoms with Crippen molar-refractivity contribution in [3.8, 4) is 0 Å². The highest BCUT2D eigenvalue weighted by Gasteiger charge is 2.22. The van der Waals surface area contributed by atoms with Crippen LogP contribution >= 0.6 is 11.6 Å². The van der Waals surface area contributed by atoms with E-state index in [1.54, 1.807) is 6.20 Å². The maximum absolute atomic E-state index is 5.95. The first-order chi connectivity index (χ1) is 9.79. The molecular weight excluding hydrogens is 270 g/mol. The number of hydrogen-bond acceptors (Lipinski definition) is 3. The second-order valence-electron chi connectivity index (χ2n) is 6.21. The molecule has 2 saturated heterocycles. The third-order valence-electron chi connectivity index (χ3n) is 4.62. The molecule has 0 saturated carbocycles. The molecular formula is C16H24ClN3. The fourth-order valence-corrected chi connectivity index (χ4v) is 3.65. The van der Waals surface area contributed by atoms with Crippen LogP contribution in [0.4, 0.5) is 0 Å². The van der Waals surface area contributed by atoms with Gasteiger partial charge in [0, 0.05) is 19.3 Å². The molecule has 20 heavy (non-hydrogen) atoms. The molecule has 0 N–H and O–H groups in total. The Labute approximate surface area is 126 Å². The predicted octanol–water partition coefficient (Wildman–Crippen LogP) is 3.04. The first-order valence-electron chi connectivity index (χ1n) is 7.85. The summed E-state index contributed by atoms with van der Waals surface area (Å²) < 4.78 is 0. The molecule has 0 radical (unpaired) electrons. The number of pyridine rings is 1. The molecule has 4 heteroatoms. The zero-order chi connectivity index (χ0) is 13.8. The first kappa shape index (κ1) is 14.3. The van der Waals surface area contributed by atoms with Crippen LogP contribution in [-0.2, 0) is 6.54 Å². The molecule has 0 atom stereocenters.